The van der Waals surface area contributed by atoms with E-state index in [9.17, 15) is 13.2 Å². The van der Waals surface area contributed by atoms with Crippen molar-refractivity contribution in [1.82, 2.24) is 8.61 Å². The molecule has 0 aromatic carbocycles. The Hall–Kier alpha value is -0.660. The maximum atomic E-state index is 11.8. The molecular weight excluding hydrogens is 244 g/mol. The Bertz CT molecular complexity index is 359. The Morgan fingerprint density at radius 1 is 1.35 bits per heavy atom. The Balaban J connectivity index is 2.54. The Kier molecular flexibility index (Phi) is 4.91. The van der Waals surface area contributed by atoms with Crippen LogP contribution in [0.2, 0.25) is 0 Å². The average Bonchev–Trinajstić information content (AvgIpc) is 2.29. The normalized spacial score (nSPS) is 19.5. The van der Waals surface area contributed by atoms with Crippen LogP contribution in [0.4, 0.5) is 0 Å². The molecule has 7 heteroatoms. The molecule has 1 heterocycles. The van der Waals surface area contributed by atoms with Crippen molar-refractivity contribution in [2.24, 2.45) is 5.92 Å². The van der Waals surface area contributed by atoms with E-state index in [1.165, 1.54) is 22.7 Å². The molecule has 0 aliphatic carbocycles. The van der Waals surface area contributed by atoms with Gasteiger partial charge in [-0.25, -0.2) is 0 Å². The topological polar surface area (TPSA) is 66.9 Å². The summed E-state index contributed by atoms with van der Waals surface area (Å²) in [5.74, 6) is -0.377. The van der Waals surface area contributed by atoms with E-state index >= 15 is 0 Å². The van der Waals surface area contributed by atoms with Gasteiger partial charge in [0, 0.05) is 27.2 Å². The summed E-state index contributed by atoms with van der Waals surface area (Å²) in [4.78, 5) is 11.5. The summed E-state index contributed by atoms with van der Waals surface area (Å²) in [5, 5.41) is 0. The predicted molar refractivity (Wildman–Crippen MR) is 63.5 cm³/mol. The quantitative estimate of drug-likeness (QED) is 0.674. The molecule has 1 fully saturated rings. The van der Waals surface area contributed by atoms with E-state index < -0.39 is 10.2 Å². The van der Waals surface area contributed by atoms with Gasteiger partial charge >= 0.3 is 5.97 Å². The minimum absolute atomic E-state index is 0.163. The molecule has 100 valence electrons. The first kappa shape index (κ1) is 14.4. The van der Waals surface area contributed by atoms with Crippen LogP contribution in [0.5, 0.6) is 0 Å². The number of ether oxygens (including phenoxy) is 1. The fraction of sp³-hybridized carbons (Fsp3) is 0.900. The lowest BCUT2D eigenvalue weighted by molar-refractivity contribution is -0.149. The van der Waals surface area contributed by atoms with Gasteiger partial charge in [0.05, 0.1) is 12.5 Å². The molecule has 0 aromatic rings. The predicted octanol–water partition coefficient (Wildman–Crippen LogP) is 0.0679. The summed E-state index contributed by atoms with van der Waals surface area (Å²) in [7, 11) is -0.333. The molecule has 0 radical (unpaired) electrons. The van der Waals surface area contributed by atoms with Crippen molar-refractivity contribution < 1.29 is 17.9 Å². The minimum atomic E-state index is -3.35. The largest absolute Gasteiger partial charge is 0.466 e. The van der Waals surface area contributed by atoms with Crippen LogP contribution in [0.25, 0.3) is 0 Å². The van der Waals surface area contributed by atoms with Gasteiger partial charge in [-0.05, 0) is 19.8 Å². The number of nitrogens with zero attached hydrogens (tertiary/aromatic N) is 2. The van der Waals surface area contributed by atoms with Gasteiger partial charge in [0.25, 0.3) is 10.2 Å². The molecule has 0 unspecified atom stereocenters. The number of esters is 1. The molecule has 0 bridgehead atoms. The van der Waals surface area contributed by atoms with E-state index in [0.717, 1.165) is 0 Å². The number of hydrogen-bond donors (Lipinski definition) is 0. The summed E-state index contributed by atoms with van der Waals surface area (Å²) in [6, 6.07) is 0. The fourth-order valence-corrected chi connectivity index (χ4v) is 2.95. The molecule has 0 amide bonds. The maximum absolute atomic E-state index is 11.8. The molecule has 1 saturated heterocycles. The second kappa shape index (κ2) is 5.79. The number of carbonyl (C=O) groups excluding carboxylic acids is 1. The highest BCUT2D eigenvalue weighted by molar-refractivity contribution is 7.86. The summed E-state index contributed by atoms with van der Waals surface area (Å²) >= 11 is 0. The highest BCUT2D eigenvalue weighted by Crippen LogP contribution is 2.21. The zero-order valence-corrected chi connectivity index (χ0v) is 11.4. The lowest BCUT2D eigenvalue weighted by Crippen LogP contribution is -2.45. The molecule has 0 aromatic heterocycles. The average molecular weight is 264 g/mol. The molecule has 0 N–H and O–H groups in total. The summed E-state index contributed by atoms with van der Waals surface area (Å²) < 4.78 is 31.2. The molecule has 6 nitrogen and oxygen atoms in total. The molecule has 0 saturated carbocycles. The van der Waals surface area contributed by atoms with Gasteiger partial charge in [-0.15, -0.1) is 0 Å². The van der Waals surface area contributed by atoms with Crippen molar-refractivity contribution in [3.8, 4) is 0 Å². The highest BCUT2D eigenvalue weighted by atomic mass is 32.2. The third-order valence-electron chi connectivity index (χ3n) is 2.86. The van der Waals surface area contributed by atoms with E-state index in [1.807, 2.05) is 0 Å². The molecule has 0 spiro atoms. The smallest absolute Gasteiger partial charge is 0.309 e. The summed E-state index contributed by atoms with van der Waals surface area (Å²) in [6.45, 7) is 2.90. The molecule has 1 rings (SSSR count). The Morgan fingerprint density at radius 2 is 1.88 bits per heavy atom. The van der Waals surface area contributed by atoms with Crippen molar-refractivity contribution in [2.45, 2.75) is 19.8 Å². The number of carbonyl (C=O) groups is 1. The lowest BCUT2D eigenvalue weighted by atomic mass is 9.98. The minimum Gasteiger partial charge on any atom is -0.466 e. The SMILES string of the molecule is CCOC(=O)C1CCN(S(=O)(=O)N(C)C)CC1. The number of hydrogen-bond acceptors (Lipinski definition) is 4. The van der Waals surface area contributed by atoms with Crippen molar-refractivity contribution >= 4 is 16.2 Å². The second-order valence-corrected chi connectivity index (χ2v) is 6.36. The maximum Gasteiger partial charge on any atom is 0.309 e. The molecular formula is C10H20N2O4S. The van der Waals surface area contributed by atoms with Gasteiger partial charge in [0.2, 0.25) is 0 Å². The zero-order valence-electron chi connectivity index (χ0n) is 10.5. The van der Waals surface area contributed by atoms with Crippen LogP contribution in [-0.2, 0) is 19.7 Å². The van der Waals surface area contributed by atoms with Crippen LogP contribution in [0.3, 0.4) is 0 Å². The van der Waals surface area contributed by atoms with Gasteiger partial charge < -0.3 is 4.74 Å². The number of piperidine rings is 1. The van der Waals surface area contributed by atoms with Gasteiger partial charge in [-0.3, -0.25) is 4.79 Å². The van der Waals surface area contributed by atoms with Crippen LogP contribution in [0.1, 0.15) is 19.8 Å². The fourth-order valence-electron chi connectivity index (χ4n) is 1.81. The first-order valence-electron chi connectivity index (χ1n) is 5.73. The first-order valence-corrected chi connectivity index (χ1v) is 7.13. The van der Waals surface area contributed by atoms with Gasteiger partial charge in [0.15, 0.2) is 0 Å². The monoisotopic (exact) mass is 264 g/mol. The van der Waals surface area contributed by atoms with E-state index in [2.05, 4.69) is 0 Å². The van der Waals surface area contributed by atoms with Crippen LogP contribution in [0, 0.1) is 5.92 Å². The van der Waals surface area contributed by atoms with Gasteiger partial charge in [0.1, 0.15) is 0 Å². The lowest BCUT2D eigenvalue weighted by Gasteiger charge is -2.31. The van der Waals surface area contributed by atoms with Crippen LogP contribution in [-0.4, -0.2) is 56.8 Å². The van der Waals surface area contributed by atoms with Crippen molar-refractivity contribution in [3.63, 3.8) is 0 Å². The van der Waals surface area contributed by atoms with Crippen molar-refractivity contribution in [2.75, 3.05) is 33.8 Å². The van der Waals surface area contributed by atoms with E-state index in [0.29, 0.717) is 32.5 Å². The van der Waals surface area contributed by atoms with Crippen LogP contribution < -0.4 is 0 Å². The third kappa shape index (κ3) is 3.40. The molecule has 1 aliphatic rings. The zero-order chi connectivity index (χ0) is 13.1. The number of rotatable bonds is 4. The molecule has 1 aliphatic heterocycles. The van der Waals surface area contributed by atoms with E-state index in [-0.39, 0.29) is 11.9 Å². The van der Waals surface area contributed by atoms with Crippen LogP contribution >= 0.6 is 0 Å². The first-order chi connectivity index (χ1) is 7.89. The second-order valence-electron chi connectivity index (χ2n) is 4.22. The summed E-state index contributed by atoms with van der Waals surface area (Å²) in [5.41, 5.74) is 0. The van der Waals surface area contributed by atoms with E-state index in [1.54, 1.807) is 6.92 Å². The third-order valence-corrected chi connectivity index (χ3v) is 4.80. The summed E-state index contributed by atoms with van der Waals surface area (Å²) in [6.07, 6.45) is 1.07. The standard InChI is InChI=1S/C10H20N2O4S/c1-4-16-10(13)9-5-7-12(8-6-9)17(14,15)11(2)3/h9H,4-8H2,1-3H3. The van der Waals surface area contributed by atoms with Crippen molar-refractivity contribution in [3.05, 3.63) is 0 Å². The van der Waals surface area contributed by atoms with Crippen LogP contribution in [0.15, 0.2) is 0 Å². The van der Waals surface area contributed by atoms with E-state index in [4.69, 9.17) is 4.74 Å². The Morgan fingerprint density at radius 3 is 2.29 bits per heavy atom. The molecule has 0 atom stereocenters. The van der Waals surface area contributed by atoms with Gasteiger partial charge in [-0.2, -0.15) is 17.0 Å². The van der Waals surface area contributed by atoms with Crippen molar-refractivity contribution in [1.29, 1.82) is 0 Å². The highest BCUT2D eigenvalue weighted by Gasteiger charge is 2.32. The Labute approximate surface area is 103 Å². The van der Waals surface area contributed by atoms with Gasteiger partial charge in [-0.1, -0.05) is 0 Å². The molecule has 17 heavy (non-hydrogen) atoms.